The standard InChI is InChI=1S/C15H10F.C9H13.2CH3.H2Si.Zr/c16-13-8-6-12-7-9-14(15(12)10-13)11-4-2-1-3-5-11;1-6-5-7(2)9(4)8(6)3;;;;/h1-10H;6H,1-4H3;2*1H3;1H2;. The molecule has 0 aliphatic heterocycles. The first-order valence-electron chi connectivity index (χ1n) is 10.5. The molecule has 2 unspecified atom stereocenters. The van der Waals surface area contributed by atoms with E-state index >= 15 is 0 Å². The van der Waals surface area contributed by atoms with Crippen LogP contribution in [0.5, 0.6) is 0 Å². The van der Waals surface area contributed by atoms with Crippen LogP contribution in [0, 0.1) is 11.7 Å². The van der Waals surface area contributed by atoms with Crippen molar-refractivity contribution >= 4 is 12.5 Å². The van der Waals surface area contributed by atoms with Gasteiger partial charge in [0.1, 0.15) is 0 Å². The summed E-state index contributed by atoms with van der Waals surface area (Å²) in [6.45, 7) is 11.6. The third-order valence-electron chi connectivity index (χ3n) is 7.58. The van der Waals surface area contributed by atoms with Crippen LogP contribution in [0.3, 0.4) is 0 Å². The number of hydrogen-bond donors (Lipinski definition) is 0. The predicted molar refractivity (Wildman–Crippen MR) is 123 cm³/mol. The number of benzene rings is 2. The summed E-state index contributed by atoms with van der Waals surface area (Å²) in [6.07, 6.45) is 2.48. The van der Waals surface area contributed by atoms with E-state index in [1.165, 1.54) is 33.4 Å². The molecule has 0 bridgehead atoms. The zero-order chi connectivity index (χ0) is 21.2. The van der Waals surface area contributed by atoms with E-state index in [1.54, 1.807) is 15.4 Å². The molecule has 2 aromatic rings. The Labute approximate surface area is 177 Å². The van der Waals surface area contributed by atoms with Gasteiger partial charge in [-0.05, 0) is 0 Å². The number of hydrogen-bond acceptors (Lipinski definition) is 0. The summed E-state index contributed by atoms with van der Waals surface area (Å²) < 4.78 is 21.6. The van der Waals surface area contributed by atoms with E-state index in [-0.39, 0.29) is 5.82 Å². The van der Waals surface area contributed by atoms with Gasteiger partial charge < -0.3 is 0 Å². The number of rotatable bonds is 3. The van der Waals surface area contributed by atoms with E-state index in [4.69, 9.17) is 0 Å². The summed E-state index contributed by atoms with van der Waals surface area (Å²) in [5.41, 5.74) is 9.32. The molecule has 0 nitrogen and oxygen atoms in total. The van der Waals surface area contributed by atoms with E-state index in [9.17, 15) is 4.39 Å². The van der Waals surface area contributed by atoms with Crippen molar-refractivity contribution in [2.24, 2.45) is 5.92 Å². The number of allylic oxidation sites excluding steroid dienone is 5. The van der Waals surface area contributed by atoms with Gasteiger partial charge in [-0.2, -0.15) is 0 Å². The molecule has 0 spiro atoms. The molecule has 0 fully saturated rings. The quantitative estimate of drug-likeness (QED) is 0.418. The molecule has 0 N–H and O–H groups in total. The SMILES string of the molecule is CC1=C(C)C(C)[C]([Zr]([CH3])([CH3])(=[SiH2])[CH]2C=C(c3ccccc3)c3cc(F)ccc32)=C1C. The van der Waals surface area contributed by atoms with Gasteiger partial charge in [0.2, 0.25) is 0 Å². The second-order valence-corrected chi connectivity index (χ2v) is 39.6. The number of halogens is 1. The van der Waals surface area contributed by atoms with Crippen LogP contribution in [0.1, 0.15) is 48.0 Å². The van der Waals surface area contributed by atoms with Crippen LogP contribution in [-0.4, -0.2) is 6.88 Å². The first-order valence-corrected chi connectivity index (χ1v) is 24.0. The van der Waals surface area contributed by atoms with Crippen LogP contribution in [0.4, 0.5) is 4.39 Å². The van der Waals surface area contributed by atoms with Crippen molar-refractivity contribution in [2.75, 3.05) is 0 Å². The molecule has 0 amide bonds. The Hall–Kier alpha value is -1.31. The van der Waals surface area contributed by atoms with E-state index in [0.717, 1.165) is 5.56 Å². The van der Waals surface area contributed by atoms with Gasteiger partial charge in [-0.1, -0.05) is 0 Å². The maximum atomic E-state index is 14.3. The van der Waals surface area contributed by atoms with Gasteiger partial charge in [-0.3, -0.25) is 0 Å². The minimum atomic E-state index is -3.43. The molecule has 0 aromatic heterocycles. The summed E-state index contributed by atoms with van der Waals surface area (Å²) in [6, 6.07) is 15.9. The normalized spacial score (nSPS) is 22.3. The molecule has 2 aliphatic carbocycles. The molecule has 2 aliphatic rings. The fourth-order valence-electron chi connectivity index (χ4n) is 5.87. The summed E-state index contributed by atoms with van der Waals surface area (Å²) in [4.78, 5) is 0. The Bertz CT molecular complexity index is 1170. The minimum absolute atomic E-state index is 0.148. The molecule has 2 aromatic carbocycles. The van der Waals surface area contributed by atoms with E-state index in [1.807, 2.05) is 6.07 Å². The molecular weight excluding hydrogens is 451 g/mol. The molecule has 0 saturated carbocycles. The molecule has 0 saturated heterocycles. The summed E-state index contributed by atoms with van der Waals surface area (Å²) in [5, 5.41) is 0. The zero-order valence-electron chi connectivity index (χ0n) is 18.4. The average molecular weight is 482 g/mol. The van der Waals surface area contributed by atoms with Crippen molar-refractivity contribution in [3.8, 4) is 0 Å². The van der Waals surface area contributed by atoms with Crippen molar-refractivity contribution in [3.05, 3.63) is 97.1 Å². The van der Waals surface area contributed by atoms with Gasteiger partial charge in [0.05, 0.1) is 0 Å². The van der Waals surface area contributed by atoms with Gasteiger partial charge in [0.25, 0.3) is 0 Å². The zero-order valence-corrected chi connectivity index (χ0v) is 22.3. The van der Waals surface area contributed by atoms with Crippen molar-refractivity contribution in [2.45, 2.75) is 40.6 Å². The monoisotopic (exact) mass is 480 g/mol. The average Bonchev–Trinajstić information content (AvgIpc) is 3.15. The summed E-state index contributed by atoms with van der Waals surface area (Å²) in [5.74, 6) is 0.371. The van der Waals surface area contributed by atoms with E-state index < -0.39 is 17.4 Å². The molecule has 2 atom stereocenters. The van der Waals surface area contributed by atoms with Crippen molar-refractivity contribution in [1.82, 2.24) is 0 Å². The third kappa shape index (κ3) is 3.17. The van der Waals surface area contributed by atoms with Crippen LogP contribution in [-0.2, 0) is 17.4 Å². The number of fused-ring (bicyclic) bond motifs is 1. The molecule has 0 heterocycles. The third-order valence-corrected chi connectivity index (χ3v) is 24.8. The van der Waals surface area contributed by atoms with Gasteiger partial charge in [-0.25, -0.2) is 0 Å². The van der Waals surface area contributed by atoms with Crippen molar-refractivity contribution < 1.29 is 21.8 Å². The molecule has 29 heavy (non-hydrogen) atoms. The van der Waals surface area contributed by atoms with Gasteiger partial charge in [0.15, 0.2) is 0 Å². The Morgan fingerprint density at radius 3 is 2.17 bits per heavy atom. The molecule has 3 heteroatoms. The van der Waals surface area contributed by atoms with Crippen molar-refractivity contribution in [3.63, 3.8) is 0 Å². The fourth-order valence-corrected chi connectivity index (χ4v) is 24.4. The van der Waals surface area contributed by atoms with E-state index in [2.05, 4.69) is 80.2 Å². The van der Waals surface area contributed by atoms with Crippen molar-refractivity contribution in [1.29, 1.82) is 0 Å². The second kappa shape index (κ2) is 6.86. The first kappa shape index (κ1) is 20.9. The fraction of sp³-hybridized carbons (Fsp3) is 0.308. The van der Waals surface area contributed by atoms with Crippen LogP contribution < -0.4 is 0 Å². The van der Waals surface area contributed by atoms with Crippen LogP contribution >= 0.6 is 0 Å². The maximum absolute atomic E-state index is 14.3. The summed E-state index contributed by atoms with van der Waals surface area (Å²) in [7, 11) is 0. The van der Waals surface area contributed by atoms with Gasteiger partial charge in [-0.15, -0.1) is 0 Å². The molecular formula is C26H31FSiZr. The predicted octanol–water partition coefficient (Wildman–Crippen LogP) is 6.91. The second-order valence-electron chi connectivity index (χ2n) is 10.0. The van der Waals surface area contributed by atoms with Crippen LogP contribution in [0.15, 0.2) is 74.6 Å². The first-order chi connectivity index (χ1) is 13.5. The van der Waals surface area contributed by atoms with E-state index in [0.29, 0.717) is 9.54 Å². The van der Waals surface area contributed by atoms with Crippen LogP contribution in [0.25, 0.3) is 5.57 Å². The Kier molecular flexibility index (Phi) is 4.95. The molecule has 4 rings (SSSR count). The summed E-state index contributed by atoms with van der Waals surface area (Å²) >= 11 is -3.43. The molecule has 0 radical (unpaired) electrons. The van der Waals surface area contributed by atoms with Gasteiger partial charge in [0, 0.05) is 0 Å². The Balaban J connectivity index is 1.96. The Morgan fingerprint density at radius 1 is 0.931 bits per heavy atom. The van der Waals surface area contributed by atoms with Gasteiger partial charge >= 0.3 is 178 Å². The Morgan fingerprint density at radius 2 is 1.59 bits per heavy atom. The molecule has 150 valence electrons. The topological polar surface area (TPSA) is 0 Å². The van der Waals surface area contributed by atoms with Crippen LogP contribution in [0.2, 0.25) is 9.26 Å².